The van der Waals surface area contributed by atoms with Crippen molar-refractivity contribution in [3.05, 3.63) is 35.1 Å². The second-order valence-electron chi connectivity index (χ2n) is 5.08. The molecule has 3 nitrogen and oxygen atoms in total. The Bertz CT molecular complexity index is 440. The molecular weight excluding hydrogens is 243 g/mol. The zero-order valence-electron chi connectivity index (χ0n) is 11.4. The molecule has 1 fully saturated rings. The smallest absolute Gasteiger partial charge is 0.164 e. The number of halogens is 1. The molecule has 1 aromatic carbocycles. The van der Waals surface area contributed by atoms with Crippen LogP contribution in [0.25, 0.3) is 0 Å². The number of Topliss-reactive ketones (excluding diaryl/α,β-unsaturated/α-hetero) is 1. The highest BCUT2D eigenvalue weighted by Gasteiger charge is 2.12. The molecule has 0 radical (unpaired) electrons. The zero-order valence-corrected chi connectivity index (χ0v) is 11.4. The highest BCUT2D eigenvalue weighted by molar-refractivity contribution is 5.96. The second kappa shape index (κ2) is 6.78. The Morgan fingerprint density at radius 1 is 1.37 bits per heavy atom. The van der Waals surface area contributed by atoms with Crippen molar-refractivity contribution in [2.24, 2.45) is 0 Å². The van der Waals surface area contributed by atoms with Crippen LogP contribution in [-0.2, 0) is 0 Å². The lowest BCUT2D eigenvalue weighted by molar-refractivity contribution is 0.0965. The molecule has 0 amide bonds. The van der Waals surface area contributed by atoms with Gasteiger partial charge >= 0.3 is 0 Å². The van der Waals surface area contributed by atoms with Crippen LogP contribution >= 0.6 is 0 Å². The molecule has 0 unspecified atom stereocenters. The van der Waals surface area contributed by atoms with Gasteiger partial charge < -0.3 is 10.2 Å². The van der Waals surface area contributed by atoms with Crippen molar-refractivity contribution in [3.8, 4) is 0 Å². The monoisotopic (exact) mass is 264 g/mol. The third-order valence-electron chi connectivity index (χ3n) is 3.57. The van der Waals surface area contributed by atoms with Crippen LogP contribution < -0.4 is 5.32 Å². The molecule has 19 heavy (non-hydrogen) atoms. The number of aryl methyl sites for hydroxylation is 1. The van der Waals surface area contributed by atoms with Crippen molar-refractivity contribution < 1.29 is 9.18 Å². The van der Waals surface area contributed by atoms with Crippen LogP contribution in [0.3, 0.4) is 0 Å². The van der Waals surface area contributed by atoms with Gasteiger partial charge in [0.1, 0.15) is 5.82 Å². The Labute approximate surface area is 113 Å². The van der Waals surface area contributed by atoms with Crippen LogP contribution in [-0.4, -0.2) is 43.4 Å². The minimum atomic E-state index is -0.254. The Morgan fingerprint density at radius 3 is 3.00 bits per heavy atom. The molecule has 2 rings (SSSR count). The summed E-state index contributed by atoms with van der Waals surface area (Å²) in [6.45, 7) is 6.56. The number of nitrogens with one attached hydrogen (secondary N) is 1. The lowest BCUT2D eigenvalue weighted by atomic mass is 10.1. The maximum absolute atomic E-state index is 13.2. The number of carbonyl (C=O) groups excluding carboxylic acids is 1. The Kier molecular flexibility index (Phi) is 5.05. The van der Waals surface area contributed by atoms with Gasteiger partial charge in [0.05, 0.1) is 0 Å². The van der Waals surface area contributed by atoms with Gasteiger partial charge in [-0.25, -0.2) is 4.39 Å². The van der Waals surface area contributed by atoms with Crippen LogP contribution in [0.15, 0.2) is 18.2 Å². The number of carbonyl (C=O) groups is 1. The molecule has 0 aromatic heterocycles. The van der Waals surface area contributed by atoms with E-state index >= 15 is 0 Å². The molecule has 1 saturated heterocycles. The van der Waals surface area contributed by atoms with Crippen LogP contribution in [0.1, 0.15) is 28.8 Å². The van der Waals surface area contributed by atoms with Crippen molar-refractivity contribution in [1.29, 1.82) is 0 Å². The molecule has 1 aliphatic heterocycles. The fourth-order valence-electron chi connectivity index (χ4n) is 2.35. The normalized spacial score (nSPS) is 17.2. The summed E-state index contributed by atoms with van der Waals surface area (Å²) in [7, 11) is 0. The van der Waals surface area contributed by atoms with E-state index in [0.717, 1.165) is 39.1 Å². The lowest BCUT2D eigenvalue weighted by Crippen LogP contribution is -2.30. The fourth-order valence-corrected chi connectivity index (χ4v) is 2.35. The molecule has 1 aliphatic rings. The van der Waals surface area contributed by atoms with Crippen molar-refractivity contribution in [3.63, 3.8) is 0 Å². The van der Waals surface area contributed by atoms with Gasteiger partial charge in [0, 0.05) is 31.6 Å². The first-order chi connectivity index (χ1) is 9.16. The summed E-state index contributed by atoms with van der Waals surface area (Å²) in [5, 5.41) is 3.34. The van der Waals surface area contributed by atoms with E-state index in [2.05, 4.69) is 10.2 Å². The highest BCUT2D eigenvalue weighted by atomic mass is 19.1. The third-order valence-corrected chi connectivity index (χ3v) is 3.57. The summed E-state index contributed by atoms with van der Waals surface area (Å²) >= 11 is 0. The average molecular weight is 264 g/mol. The maximum Gasteiger partial charge on any atom is 0.164 e. The van der Waals surface area contributed by atoms with Crippen LogP contribution in [0.5, 0.6) is 0 Å². The summed E-state index contributed by atoms with van der Waals surface area (Å²) in [6, 6.07) is 4.59. The van der Waals surface area contributed by atoms with E-state index < -0.39 is 0 Å². The second-order valence-corrected chi connectivity index (χ2v) is 5.08. The summed E-state index contributed by atoms with van der Waals surface area (Å²) in [5.41, 5.74) is 1.15. The number of hydrogen-bond acceptors (Lipinski definition) is 3. The van der Waals surface area contributed by atoms with E-state index in [1.54, 1.807) is 19.1 Å². The van der Waals surface area contributed by atoms with Gasteiger partial charge in [0.25, 0.3) is 0 Å². The van der Waals surface area contributed by atoms with E-state index in [4.69, 9.17) is 0 Å². The van der Waals surface area contributed by atoms with Crippen LogP contribution in [0.2, 0.25) is 0 Å². The van der Waals surface area contributed by atoms with E-state index in [9.17, 15) is 9.18 Å². The van der Waals surface area contributed by atoms with Crippen LogP contribution in [0.4, 0.5) is 4.39 Å². The average Bonchev–Trinajstić information content (AvgIpc) is 2.67. The molecule has 0 bridgehead atoms. The molecule has 0 aliphatic carbocycles. The summed E-state index contributed by atoms with van der Waals surface area (Å²) in [6.07, 6.45) is 1.63. The van der Waals surface area contributed by atoms with Gasteiger partial charge in [0.2, 0.25) is 0 Å². The molecule has 4 heteroatoms. The van der Waals surface area contributed by atoms with Gasteiger partial charge in [-0.05, 0) is 50.2 Å². The fraction of sp³-hybridized carbons (Fsp3) is 0.533. The summed E-state index contributed by atoms with van der Waals surface area (Å²) < 4.78 is 13.2. The van der Waals surface area contributed by atoms with Crippen LogP contribution in [0, 0.1) is 12.7 Å². The molecule has 0 atom stereocenters. The van der Waals surface area contributed by atoms with E-state index in [0.29, 0.717) is 17.5 Å². The van der Waals surface area contributed by atoms with Crippen molar-refractivity contribution in [2.75, 3.05) is 32.7 Å². The lowest BCUT2D eigenvalue weighted by Gasteiger charge is -2.18. The van der Waals surface area contributed by atoms with E-state index in [1.807, 2.05) is 0 Å². The molecule has 0 spiro atoms. The van der Waals surface area contributed by atoms with Gasteiger partial charge in [-0.2, -0.15) is 0 Å². The van der Waals surface area contributed by atoms with Gasteiger partial charge in [-0.3, -0.25) is 4.79 Å². The molecule has 1 aromatic rings. The highest BCUT2D eigenvalue weighted by Crippen LogP contribution is 2.11. The zero-order chi connectivity index (χ0) is 13.7. The minimum absolute atomic E-state index is 0.0975. The molecular formula is C15H21FN2O. The largest absolute Gasteiger partial charge is 0.315 e. The minimum Gasteiger partial charge on any atom is -0.315 e. The quantitative estimate of drug-likeness (QED) is 0.844. The Balaban J connectivity index is 1.87. The predicted molar refractivity (Wildman–Crippen MR) is 74.0 cm³/mol. The summed E-state index contributed by atoms with van der Waals surface area (Å²) in [4.78, 5) is 14.4. The third kappa shape index (κ3) is 4.11. The number of nitrogens with zero attached hydrogens (tertiary/aromatic N) is 1. The number of benzene rings is 1. The van der Waals surface area contributed by atoms with Gasteiger partial charge in [0.15, 0.2) is 5.78 Å². The number of ketones is 1. The van der Waals surface area contributed by atoms with Crippen molar-refractivity contribution in [1.82, 2.24) is 10.2 Å². The standard InChI is InChI=1S/C15H21FN2O/c1-12-11-13(3-4-14(12)16)15(19)5-9-18-8-2-6-17-7-10-18/h3-4,11,17H,2,5-10H2,1H3. The summed E-state index contributed by atoms with van der Waals surface area (Å²) in [5.74, 6) is -0.157. The van der Waals surface area contributed by atoms with Gasteiger partial charge in [-0.15, -0.1) is 0 Å². The Hall–Kier alpha value is -1.26. The van der Waals surface area contributed by atoms with Crippen molar-refractivity contribution >= 4 is 5.78 Å². The molecule has 0 saturated carbocycles. The molecule has 1 heterocycles. The Morgan fingerprint density at radius 2 is 2.21 bits per heavy atom. The topological polar surface area (TPSA) is 32.3 Å². The molecule has 1 N–H and O–H groups in total. The number of hydrogen-bond donors (Lipinski definition) is 1. The van der Waals surface area contributed by atoms with Crippen molar-refractivity contribution in [2.45, 2.75) is 19.8 Å². The first kappa shape index (κ1) is 14.2. The van der Waals surface area contributed by atoms with E-state index in [1.165, 1.54) is 6.07 Å². The first-order valence-corrected chi connectivity index (χ1v) is 6.89. The maximum atomic E-state index is 13.2. The molecule has 104 valence electrons. The number of rotatable bonds is 4. The predicted octanol–water partition coefficient (Wildman–Crippen LogP) is 2.00. The van der Waals surface area contributed by atoms with Gasteiger partial charge in [-0.1, -0.05) is 0 Å². The SMILES string of the molecule is Cc1cc(C(=O)CCN2CCCNCC2)ccc1F. The first-order valence-electron chi connectivity index (χ1n) is 6.89. The van der Waals surface area contributed by atoms with E-state index in [-0.39, 0.29) is 11.6 Å².